The summed E-state index contributed by atoms with van der Waals surface area (Å²) in [7, 11) is 1.70. The zero-order chi connectivity index (χ0) is 17.4. The van der Waals surface area contributed by atoms with Crippen LogP contribution in [0.15, 0.2) is 53.5 Å². The predicted molar refractivity (Wildman–Crippen MR) is 110 cm³/mol. The summed E-state index contributed by atoms with van der Waals surface area (Å²) in [5.41, 5.74) is 3.19. The van der Waals surface area contributed by atoms with E-state index in [4.69, 9.17) is 21.4 Å². The standard InChI is InChI=1S/C18H18ClN3OS2/c1-23-22-15-10-6-3-7-12(15)18(11-20-17(24-2)25-18)16(22)21-14-9-5-4-8-13(14)19/h3-10,16,21H,11H2,1-2H3/t16-,18+/m1/s1. The smallest absolute Gasteiger partial charge is 0.146 e. The first kappa shape index (κ1) is 17.1. The van der Waals surface area contributed by atoms with E-state index in [2.05, 4.69) is 29.8 Å². The first-order valence-electron chi connectivity index (χ1n) is 7.91. The van der Waals surface area contributed by atoms with Crippen LogP contribution in [0.5, 0.6) is 0 Å². The van der Waals surface area contributed by atoms with E-state index in [-0.39, 0.29) is 10.9 Å². The lowest BCUT2D eigenvalue weighted by molar-refractivity contribution is 0.145. The van der Waals surface area contributed by atoms with Crippen LogP contribution in [0.2, 0.25) is 5.02 Å². The molecule has 2 aromatic rings. The largest absolute Gasteiger partial charge is 0.361 e. The van der Waals surface area contributed by atoms with Crippen LogP contribution in [0.3, 0.4) is 0 Å². The Labute approximate surface area is 160 Å². The first-order valence-corrected chi connectivity index (χ1v) is 10.3. The van der Waals surface area contributed by atoms with Gasteiger partial charge in [-0.1, -0.05) is 53.7 Å². The molecule has 2 heterocycles. The Hall–Kier alpha value is -1.34. The molecule has 4 nitrogen and oxygen atoms in total. The van der Waals surface area contributed by atoms with E-state index >= 15 is 0 Å². The number of nitrogens with zero attached hydrogens (tertiary/aromatic N) is 2. The van der Waals surface area contributed by atoms with Crippen molar-refractivity contribution in [2.45, 2.75) is 10.9 Å². The molecule has 2 aromatic carbocycles. The summed E-state index contributed by atoms with van der Waals surface area (Å²) in [6.45, 7) is 0.701. The maximum atomic E-state index is 6.39. The Kier molecular flexibility index (Phi) is 4.62. The van der Waals surface area contributed by atoms with Gasteiger partial charge in [0.2, 0.25) is 0 Å². The van der Waals surface area contributed by atoms with Crippen LogP contribution in [0, 0.1) is 0 Å². The average molecular weight is 392 g/mol. The Morgan fingerprint density at radius 2 is 2.04 bits per heavy atom. The van der Waals surface area contributed by atoms with Crippen molar-refractivity contribution >= 4 is 50.9 Å². The number of halogens is 1. The van der Waals surface area contributed by atoms with E-state index in [1.54, 1.807) is 30.6 Å². The molecule has 2 aliphatic rings. The quantitative estimate of drug-likeness (QED) is 0.811. The maximum Gasteiger partial charge on any atom is 0.146 e. The Bertz CT molecular complexity index is 831. The third-order valence-corrected chi connectivity index (χ3v) is 7.32. The molecule has 0 aromatic heterocycles. The number of benzene rings is 2. The summed E-state index contributed by atoms with van der Waals surface area (Å²) in [6.07, 6.45) is 1.95. The van der Waals surface area contributed by atoms with Gasteiger partial charge in [0.1, 0.15) is 15.3 Å². The van der Waals surface area contributed by atoms with Crippen LogP contribution in [0.25, 0.3) is 0 Å². The van der Waals surface area contributed by atoms with Gasteiger partial charge in [-0.05, 0) is 24.5 Å². The fraction of sp³-hybridized carbons (Fsp3) is 0.278. The van der Waals surface area contributed by atoms with Crippen LogP contribution in [0.1, 0.15) is 5.56 Å². The topological polar surface area (TPSA) is 36.9 Å². The van der Waals surface area contributed by atoms with Crippen molar-refractivity contribution in [1.29, 1.82) is 0 Å². The number of para-hydroxylation sites is 2. The van der Waals surface area contributed by atoms with Crippen molar-refractivity contribution in [3.8, 4) is 0 Å². The van der Waals surface area contributed by atoms with Gasteiger partial charge in [0.05, 0.1) is 30.1 Å². The van der Waals surface area contributed by atoms with Crippen molar-refractivity contribution in [2.24, 2.45) is 4.99 Å². The molecule has 0 unspecified atom stereocenters. The third-order valence-electron chi connectivity index (χ3n) is 4.52. The summed E-state index contributed by atoms with van der Waals surface area (Å²) in [5, 5.41) is 6.23. The van der Waals surface area contributed by atoms with Crippen molar-refractivity contribution < 1.29 is 4.84 Å². The molecule has 2 aliphatic heterocycles. The Morgan fingerprint density at radius 3 is 2.76 bits per heavy atom. The van der Waals surface area contributed by atoms with E-state index in [1.165, 1.54) is 5.56 Å². The van der Waals surface area contributed by atoms with Gasteiger partial charge in [-0.15, -0.1) is 11.8 Å². The van der Waals surface area contributed by atoms with E-state index in [9.17, 15) is 0 Å². The maximum absolute atomic E-state index is 6.39. The molecule has 4 rings (SSSR count). The normalized spacial score (nSPS) is 24.5. The van der Waals surface area contributed by atoms with Crippen molar-refractivity contribution in [2.75, 3.05) is 30.3 Å². The van der Waals surface area contributed by atoms with Gasteiger partial charge in [0.15, 0.2) is 0 Å². The molecular formula is C18H18ClN3OS2. The molecule has 130 valence electrons. The Morgan fingerprint density at radius 1 is 1.28 bits per heavy atom. The van der Waals surface area contributed by atoms with E-state index < -0.39 is 0 Å². The summed E-state index contributed by atoms with van der Waals surface area (Å²) >= 11 is 9.88. The molecule has 1 spiro atoms. The monoisotopic (exact) mass is 391 g/mol. The number of aliphatic imine (C=N–C) groups is 1. The van der Waals surface area contributed by atoms with Crippen molar-refractivity contribution in [3.05, 3.63) is 59.1 Å². The van der Waals surface area contributed by atoms with Crippen LogP contribution in [-0.4, -0.2) is 30.5 Å². The summed E-state index contributed by atoms with van der Waals surface area (Å²) in [6, 6.07) is 16.2. The second kappa shape index (κ2) is 6.76. The van der Waals surface area contributed by atoms with E-state index in [1.807, 2.05) is 35.4 Å². The fourth-order valence-corrected chi connectivity index (χ4v) is 5.68. The highest BCUT2D eigenvalue weighted by atomic mass is 35.5. The lowest BCUT2D eigenvalue weighted by atomic mass is 9.97. The predicted octanol–water partition coefficient (Wildman–Crippen LogP) is 4.82. The van der Waals surface area contributed by atoms with Gasteiger partial charge < -0.3 is 5.32 Å². The number of fused-ring (bicyclic) bond motifs is 2. The zero-order valence-corrected chi connectivity index (χ0v) is 16.3. The molecule has 7 heteroatoms. The highest BCUT2D eigenvalue weighted by Gasteiger charge is 2.55. The lowest BCUT2D eigenvalue weighted by Gasteiger charge is -2.35. The first-order chi connectivity index (χ1) is 12.2. The van der Waals surface area contributed by atoms with Gasteiger partial charge in [0, 0.05) is 5.56 Å². The minimum absolute atomic E-state index is 0.117. The van der Waals surface area contributed by atoms with Gasteiger partial charge in [-0.3, -0.25) is 9.83 Å². The molecular weight excluding hydrogens is 374 g/mol. The summed E-state index contributed by atoms with van der Waals surface area (Å²) in [5.74, 6) is 0. The van der Waals surface area contributed by atoms with Crippen molar-refractivity contribution in [1.82, 2.24) is 0 Å². The molecule has 25 heavy (non-hydrogen) atoms. The van der Waals surface area contributed by atoms with Crippen LogP contribution >= 0.6 is 35.1 Å². The highest BCUT2D eigenvalue weighted by Crippen LogP contribution is 2.56. The van der Waals surface area contributed by atoms with Gasteiger partial charge >= 0.3 is 0 Å². The number of nitrogens with one attached hydrogen (secondary N) is 1. The molecule has 0 aliphatic carbocycles. The molecule has 0 saturated carbocycles. The molecule has 0 fully saturated rings. The fourth-order valence-electron chi connectivity index (χ4n) is 3.39. The molecule has 2 atom stereocenters. The Balaban J connectivity index is 1.79. The van der Waals surface area contributed by atoms with Crippen LogP contribution in [-0.2, 0) is 9.58 Å². The van der Waals surface area contributed by atoms with Crippen LogP contribution in [0.4, 0.5) is 11.4 Å². The molecule has 0 bridgehead atoms. The molecule has 0 amide bonds. The summed E-state index contributed by atoms with van der Waals surface area (Å²) < 4.78 is 0.850. The lowest BCUT2D eigenvalue weighted by Crippen LogP contribution is -2.48. The average Bonchev–Trinajstić information content (AvgIpc) is 3.18. The van der Waals surface area contributed by atoms with E-state index in [0.29, 0.717) is 11.6 Å². The number of hydroxylamine groups is 1. The second-order valence-electron chi connectivity index (χ2n) is 5.83. The molecule has 1 N–H and O–H groups in total. The van der Waals surface area contributed by atoms with Crippen LogP contribution < -0.4 is 10.4 Å². The molecule has 0 saturated heterocycles. The van der Waals surface area contributed by atoms with Gasteiger partial charge in [-0.2, -0.15) is 0 Å². The third kappa shape index (κ3) is 2.72. The number of hydrogen-bond acceptors (Lipinski definition) is 6. The number of hydrogen-bond donors (Lipinski definition) is 1. The van der Waals surface area contributed by atoms with E-state index in [0.717, 1.165) is 15.8 Å². The van der Waals surface area contributed by atoms with Gasteiger partial charge in [0.25, 0.3) is 0 Å². The number of thioether (sulfide) groups is 2. The summed E-state index contributed by atoms with van der Waals surface area (Å²) in [4.78, 5) is 10.5. The minimum Gasteiger partial charge on any atom is -0.361 e. The van der Waals surface area contributed by atoms with Gasteiger partial charge in [-0.25, -0.2) is 5.06 Å². The zero-order valence-electron chi connectivity index (χ0n) is 13.9. The highest BCUT2D eigenvalue weighted by molar-refractivity contribution is 8.39. The number of anilines is 2. The van der Waals surface area contributed by atoms with Crippen molar-refractivity contribution in [3.63, 3.8) is 0 Å². The molecule has 0 radical (unpaired) electrons. The second-order valence-corrected chi connectivity index (χ2v) is 8.61. The minimum atomic E-state index is -0.246. The SMILES string of the molecule is CON1c2ccccc2[C@@]2(CN=C(SC)S2)[C@@H]1Nc1ccccc1Cl. The number of rotatable bonds is 3.